The van der Waals surface area contributed by atoms with Crippen LogP contribution in [-0.2, 0) is 9.53 Å². The molecule has 7 heteroatoms. The monoisotopic (exact) mass is 381 g/mol. The lowest BCUT2D eigenvalue weighted by Crippen LogP contribution is -2.09. The zero-order chi connectivity index (χ0) is 19.2. The third-order valence-electron chi connectivity index (χ3n) is 3.70. The van der Waals surface area contributed by atoms with Gasteiger partial charge in [0.05, 0.1) is 35.3 Å². The number of amides is 1. The summed E-state index contributed by atoms with van der Waals surface area (Å²) in [5.41, 5.74) is 2.32. The van der Waals surface area contributed by atoms with Crippen molar-refractivity contribution in [1.82, 2.24) is 9.78 Å². The van der Waals surface area contributed by atoms with Crippen LogP contribution in [0.1, 0.15) is 15.9 Å². The highest BCUT2D eigenvalue weighted by atomic mass is 35.5. The molecule has 0 bridgehead atoms. The summed E-state index contributed by atoms with van der Waals surface area (Å²) in [7, 11) is 1.29. The summed E-state index contributed by atoms with van der Waals surface area (Å²) in [5.74, 6) is -0.891. The molecule has 1 amide bonds. The van der Waals surface area contributed by atoms with E-state index in [9.17, 15) is 9.59 Å². The fourth-order valence-corrected chi connectivity index (χ4v) is 2.52. The topological polar surface area (TPSA) is 73.2 Å². The molecule has 0 radical (unpaired) electrons. The number of methoxy groups -OCH3 is 1. The average Bonchev–Trinajstić information content (AvgIpc) is 3.17. The van der Waals surface area contributed by atoms with Gasteiger partial charge in [0.25, 0.3) is 0 Å². The molecule has 0 aliphatic rings. The third kappa shape index (κ3) is 4.62. The fraction of sp³-hybridized carbons (Fsp3) is 0.0500. The highest BCUT2D eigenvalue weighted by Gasteiger charge is 2.10. The lowest BCUT2D eigenvalue weighted by molar-refractivity contribution is -0.111. The molecule has 27 heavy (non-hydrogen) atoms. The van der Waals surface area contributed by atoms with Crippen molar-refractivity contribution in [3.8, 4) is 5.69 Å². The number of ether oxygens (including phenoxy) is 1. The van der Waals surface area contributed by atoms with Gasteiger partial charge in [-0.25, -0.2) is 9.48 Å². The Bertz CT molecular complexity index is 997. The Morgan fingerprint density at radius 1 is 1.19 bits per heavy atom. The van der Waals surface area contributed by atoms with Gasteiger partial charge in [-0.15, -0.1) is 0 Å². The zero-order valence-electron chi connectivity index (χ0n) is 14.4. The molecular formula is C20H16ClN3O3. The molecule has 0 aliphatic heterocycles. The Kier molecular flexibility index (Phi) is 5.68. The number of carbonyl (C=O) groups excluding carboxylic acids is 2. The third-order valence-corrected chi connectivity index (χ3v) is 4.03. The highest BCUT2D eigenvalue weighted by Crippen LogP contribution is 2.23. The van der Waals surface area contributed by atoms with Crippen molar-refractivity contribution >= 4 is 35.2 Å². The minimum absolute atomic E-state index is 0.297. The SMILES string of the molecule is COC(=O)c1ccc(Cl)c(NC(=O)/C=C/c2cnn(-c3ccccc3)c2)c1. The van der Waals surface area contributed by atoms with Crippen molar-refractivity contribution in [3.63, 3.8) is 0 Å². The van der Waals surface area contributed by atoms with Crippen LogP contribution >= 0.6 is 11.6 Å². The molecule has 1 aromatic heterocycles. The van der Waals surface area contributed by atoms with Crippen molar-refractivity contribution in [3.05, 3.63) is 83.2 Å². The molecule has 0 saturated heterocycles. The maximum Gasteiger partial charge on any atom is 0.337 e. The van der Waals surface area contributed by atoms with Crippen LogP contribution in [-0.4, -0.2) is 28.8 Å². The lowest BCUT2D eigenvalue weighted by Gasteiger charge is -2.07. The number of para-hydroxylation sites is 1. The van der Waals surface area contributed by atoms with Crippen LogP contribution < -0.4 is 5.32 Å². The summed E-state index contributed by atoms with van der Waals surface area (Å²) in [6.45, 7) is 0. The molecule has 2 aromatic carbocycles. The number of anilines is 1. The Morgan fingerprint density at radius 2 is 1.96 bits per heavy atom. The van der Waals surface area contributed by atoms with Gasteiger partial charge in [0.1, 0.15) is 0 Å². The number of carbonyl (C=O) groups is 2. The molecule has 0 saturated carbocycles. The first-order valence-corrected chi connectivity index (χ1v) is 8.41. The summed E-state index contributed by atoms with van der Waals surface area (Å²) in [4.78, 5) is 23.8. The van der Waals surface area contributed by atoms with E-state index in [4.69, 9.17) is 11.6 Å². The van der Waals surface area contributed by atoms with E-state index in [1.807, 2.05) is 36.5 Å². The van der Waals surface area contributed by atoms with Gasteiger partial charge >= 0.3 is 5.97 Å². The number of benzene rings is 2. The van der Waals surface area contributed by atoms with Crippen molar-refractivity contribution in [1.29, 1.82) is 0 Å². The first-order chi connectivity index (χ1) is 13.1. The van der Waals surface area contributed by atoms with Gasteiger partial charge in [-0.2, -0.15) is 5.10 Å². The minimum atomic E-state index is -0.508. The zero-order valence-corrected chi connectivity index (χ0v) is 15.2. The van der Waals surface area contributed by atoms with E-state index in [0.29, 0.717) is 16.3 Å². The summed E-state index contributed by atoms with van der Waals surface area (Å²) >= 11 is 6.07. The number of esters is 1. The standard InChI is InChI=1S/C20H16ClN3O3/c1-27-20(26)15-8-9-17(21)18(11-15)23-19(25)10-7-14-12-22-24(13-14)16-5-3-2-4-6-16/h2-13H,1H3,(H,23,25)/b10-7+. The number of nitrogens with one attached hydrogen (secondary N) is 1. The predicted molar refractivity (Wildman–Crippen MR) is 104 cm³/mol. The number of hydrogen-bond acceptors (Lipinski definition) is 4. The number of nitrogens with zero attached hydrogens (tertiary/aromatic N) is 2. The van der Waals surface area contributed by atoms with Crippen molar-refractivity contribution in [2.24, 2.45) is 0 Å². The van der Waals surface area contributed by atoms with Gasteiger partial charge in [0, 0.05) is 17.8 Å². The molecule has 6 nitrogen and oxygen atoms in total. The van der Waals surface area contributed by atoms with E-state index in [-0.39, 0.29) is 5.91 Å². The summed E-state index contributed by atoms with van der Waals surface area (Å²) in [6.07, 6.45) is 6.47. The second kappa shape index (κ2) is 8.33. The molecule has 1 N–H and O–H groups in total. The van der Waals surface area contributed by atoms with Crippen LogP contribution in [0.2, 0.25) is 5.02 Å². The van der Waals surface area contributed by atoms with Gasteiger partial charge < -0.3 is 10.1 Å². The summed E-state index contributed by atoms with van der Waals surface area (Å²) in [6, 6.07) is 14.2. The maximum atomic E-state index is 12.2. The van der Waals surface area contributed by atoms with E-state index >= 15 is 0 Å². The lowest BCUT2D eigenvalue weighted by atomic mass is 10.2. The molecule has 3 aromatic rings. The second-order valence-corrected chi connectivity index (χ2v) is 5.97. The molecule has 3 rings (SSSR count). The minimum Gasteiger partial charge on any atom is -0.465 e. The normalized spacial score (nSPS) is 10.7. The Labute approximate surface area is 161 Å². The number of hydrogen-bond donors (Lipinski definition) is 1. The first-order valence-electron chi connectivity index (χ1n) is 8.04. The van der Waals surface area contributed by atoms with E-state index < -0.39 is 5.97 Å². The molecule has 0 aliphatic carbocycles. The first kappa shape index (κ1) is 18.4. The van der Waals surface area contributed by atoms with Crippen molar-refractivity contribution in [2.75, 3.05) is 12.4 Å². The number of aromatic nitrogens is 2. The van der Waals surface area contributed by atoms with E-state index in [2.05, 4.69) is 15.2 Å². The molecule has 1 heterocycles. The Morgan fingerprint density at radius 3 is 2.70 bits per heavy atom. The number of rotatable bonds is 5. The fourth-order valence-electron chi connectivity index (χ4n) is 2.36. The molecule has 0 unspecified atom stereocenters. The van der Waals surface area contributed by atoms with Crippen LogP contribution in [0.5, 0.6) is 0 Å². The smallest absolute Gasteiger partial charge is 0.337 e. The van der Waals surface area contributed by atoms with Crippen molar-refractivity contribution in [2.45, 2.75) is 0 Å². The largest absolute Gasteiger partial charge is 0.465 e. The quantitative estimate of drug-likeness (QED) is 0.536. The van der Waals surface area contributed by atoms with Crippen molar-refractivity contribution < 1.29 is 14.3 Å². The number of halogens is 1. The molecule has 0 spiro atoms. The summed E-state index contributed by atoms with van der Waals surface area (Å²) in [5, 5.41) is 7.23. The average molecular weight is 382 g/mol. The Hall–Kier alpha value is -3.38. The van der Waals surface area contributed by atoms with Crippen LogP contribution in [0, 0.1) is 0 Å². The van der Waals surface area contributed by atoms with Crippen LogP contribution in [0.15, 0.2) is 67.0 Å². The maximum absolute atomic E-state index is 12.2. The molecule has 0 fully saturated rings. The molecular weight excluding hydrogens is 366 g/mol. The Balaban J connectivity index is 1.69. The van der Waals surface area contributed by atoms with E-state index in [0.717, 1.165) is 11.3 Å². The summed E-state index contributed by atoms with van der Waals surface area (Å²) < 4.78 is 6.38. The van der Waals surface area contributed by atoms with Gasteiger partial charge in [-0.1, -0.05) is 29.8 Å². The highest BCUT2D eigenvalue weighted by molar-refractivity contribution is 6.34. The van der Waals surface area contributed by atoms with Gasteiger partial charge in [-0.05, 0) is 36.4 Å². The van der Waals surface area contributed by atoms with Crippen LogP contribution in [0.4, 0.5) is 5.69 Å². The van der Waals surface area contributed by atoms with Crippen LogP contribution in [0.3, 0.4) is 0 Å². The van der Waals surface area contributed by atoms with Gasteiger partial charge in [0.2, 0.25) is 5.91 Å². The predicted octanol–water partition coefficient (Wildman–Crippen LogP) is 3.96. The van der Waals surface area contributed by atoms with E-state index in [1.54, 1.807) is 17.0 Å². The molecule has 136 valence electrons. The van der Waals surface area contributed by atoms with Gasteiger partial charge in [0.15, 0.2) is 0 Å². The molecule has 0 atom stereocenters. The van der Waals surface area contributed by atoms with E-state index in [1.165, 1.54) is 31.4 Å². The van der Waals surface area contributed by atoms with Crippen LogP contribution in [0.25, 0.3) is 11.8 Å². The van der Waals surface area contributed by atoms with Gasteiger partial charge in [-0.3, -0.25) is 4.79 Å². The second-order valence-electron chi connectivity index (χ2n) is 5.56.